The van der Waals surface area contributed by atoms with Crippen LogP contribution in [-0.2, 0) is 11.3 Å². The first-order valence-electron chi connectivity index (χ1n) is 9.27. The summed E-state index contributed by atoms with van der Waals surface area (Å²) in [6.07, 6.45) is 3.50. The van der Waals surface area contributed by atoms with Gasteiger partial charge in [-0.2, -0.15) is 0 Å². The number of nitrogens with one attached hydrogen (secondary N) is 2. The van der Waals surface area contributed by atoms with Gasteiger partial charge in [0.15, 0.2) is 6.67 Å². The average Bonchev–Trinajstić information content (AvgIpc) is 3.11. The van der Waals surface area contributed by atoms with Crippen molar-refractivity contribution in [1.29, 1.82) is 0 Å². The van der Waals surface area contributed by atoms with Crippen LogP contribution in [0.15, 0.2) is 24.3 Å². The molecule has 2 aliphatic rings. The van der Waals surface area contributed by atoms with E-state index in [-0.39, 0.29) is 11.9 Å². The zero-order chi connectivity index (χ0) is 18.3. The van der Waals surface area contributed by atoms with Crippen LogP contribution >= 0.6 is 11.3 Å². The van der Waals surface area contributed by atoms with E-state index < -0.39 is 5.54 Å². The number of imide groups is 1. The quantitative estimate of drug-likeness (QED) is 0.803. The summed E-state index contributed by atoms with van der Waals surface area (Å²) in [4.78, 5) is 32.5. The lowest BCUT2D eigenvalue weighted by Gasteiger charge is -2.33. The highest BCUT2D eigenvalue weighted by Gasteiger charge is 2.52. The molecule has 1 aliphatic carbocycles. The van der Waals surface area contributed by atoms with E-state index in [0.717, 1.165) is 41.1 Å². The van der Waals surface area contributed by atoms with Crippen LogP contribution in [0, 0.1) is 5.92 Å². The number of amides is 3. The van der Waals surface area contributed by atoms with Crippen LogP contribution in [0.4, 0.5) is 4.79 Å². The van der Waals surface area contributed by atoms with Crippen LogP contribution in [0.1, 0.15) is 37.6 Å². The fourth-order valence-electron chi connectivity index (χ4n) is 3.99. The van der Waals surface area contributed by atoms with E-state index in [0.29, 0.717) is 19.1 Å². The minimum absolute atomic E-state index is 0.0435. The monoisotopic (exact) mass is 373 g/mol. The van der Waals surface area contributed by atoms with Crippen molar-refractivity contribution in [2.24, 2.45) is 5.92 Å². The Morgan fingerprint density at radius 2 is 2.04 bits per heavy atom. The summed E-state index contributed by atoms with van der Waals surface area (Å²) >= 11 is 1.67. The molecular formula is C19H25N4O2S+. The van der Waals surface area contributed by atoms with Crippen LogP contribution in [0.25, 0.3) is 10.2 Å². The second-order valence-corrected chi connectivity index (χ2v) is 8.91. The molecule has 6 nitrogen and oxygen atoms in total. The van der Waals surface area contributed by atoms with Crippen LogP contribution in [-0.4, -0.2) is 41.1 Å². The third-order valence-electron chi connectivity index (χ3n) is 5.59. The molecule has 1 unspecified atom stereocenters. The highest BCUT2D eigenvalue weighted by molar-refractivity contribution is 7.18. The Morgan fingerprint density at radius 1 is 1.31 bits per heavy atom. The Bertz CT molecular complexity index is 808. The van der Waals surface area contributed by atoms with Crippen LogP contribution in [0.3, 0.4) is 0 Å². The Hall–Kier alpha value is -1.99. The number of urea groups is 1. The van der Waals surface area contributed by atoms with Gasteiger partial charge < -0.3 is 10.2 Å². The molecule has 3 amide bonds. The molecule has 0 radical (unpaired) electrons. The molecule has 4 rings (SSSR count). The van der Waals surface area contributed by atoms with Gasteiger partial charge in [-0.15, -0.1) is 11.3 Å². The van der Waals surface area contributed by atoms with Crippen molar-refractivity contribution < 1.29 is 14.5 Å². The number of hydrogen-bond donors (Lipinski definition) is 2. The molecule has 1 aromatic carbocycles. The molecule has 2 aromatic rings. The minimum atomic E-state index is -0.653. The van der Waals surface area contributed by atoms with Crippen molar-refractivity contribution in [2.45, 2.75) is 44.7 Å². The van der Waals surface area contributed by atoms with Gasteiger partial charge in [0.05, 0.1) is 17.3 Å². The molecule has 1 atom stereocenters. The first-order chi connectivity index (χ1) is 12.5. The minimum Gasteiger partial charge on any atom is -0.323 e. The van der Waals surface area contributed by atoms with Gasteiger partial charge in [-0.25, -0.2) is 14.7 Å². The maximum Gasteiger partial charge on any atom is 0.329 e. The molecule has 0 bridgehead atoms. The fourth-order valence-corrected chi connectivity index (χ4v) is 5.07. The molecule has 1 aromatic heterocycles. The zero-order valence-corrected chi connectivity index (χ0v) is 16.1. The molecule has 7 heteroatoms. The van der Waals surface area contributed by atoms with Crippen molar-refractivity contribution in [3.63, 3.8) is 0 Å². The lowest BCUT2D eigenvalue weighted by Crippen LogP contribution is -3.09. The summed E-state index contributed by atoms with van der Waals surface area (Å²) in [5, 5.41) is 4.02. The van der Waals surface area contributed by atoms with E-state index in [1.807, 2.05) is 25.2 Å². The van der Waals surface area contributed by atoms with Crippen LogP contribution in [0.2, 0.25) is 0 Å². The van der Waals surface area contributed by atoms with E-state index in [1.54, 1.807) is 11.3 Å². The molecule has 1 aliphatic heterocycles. The maximum absolute atomic E-state index is 12.9. The van der Waals surface area contributed by atoms with Crippen molar-refractivity contribution in [3.8, 4) is 0 Å². The first-order valence-corrected chi connectivity index (χ1v) is 10.1. The van der Waals surface area contributed by atoms with Gasteiger partial charge in [0, 0.05) is 0 Å². The molecule has 1 saturated carbocycles. The lowest BCUT2D eigenvalue weighted by atomic mass is 9.77. The van der Waals surface area contributed by atoms with Crippen LogP contribution < -0.4 is 10.2 Å². The summed E-state index contributed by atoms with van der Waals surface area (Å²) in [6, 6.07) is 7.83. The second-order valence-electron chi connectivity index (χ2n) is 7.80. The van der Waals surface area contributed by atoms with Gasteiger partial charge in [0.1, 0.15) is 17.1 Å². The molecule has 138 valence electrons. The van der Waals surface area contributed by atoms with Gasteiger partial charge in [-0.05, 0) is 43.7 Å². The van der Waals surface area contributed by atoms with Crippen molar-refractivity contribution in [3.05, 3.63) is 29.3 Å². The Kier molecular flexibility index (Phi) is 4.44. The third kappa shape index (κ3) is 3.10. The molecule has 2 N–H and O–H groups in total. The number of para-hydroxylation sites is 1. The molecular weight excluding hydrogens is 348 g/mol. The summed E-state index contributed by atoms with van der Waals surface area (Å²) in [7, 11) is 2.00. The Balaban J connectivity index is 1.43. The topological polar surface area (TPSA) is 66.7 Å². The number of benzene rings is 1. The highest BCUT2D eigenvalue weighted by Crippen LogP contribution is 2.36. The van der Waals surface area contributed by atoms with Crippen molar-refractivity contribution in [2.75, 3.05) is 13.7 Å². The van der Waals surface area contributed by atoms with E-state index in [9.17, 15) is 9.59 Å². The zero-order valence-electron chi connectivity index (χ0n) is 15.2. The van der Waals surface area contributed by atoms with Gasteiger partial charge in [0.2, 0.25) is 0 Å². The second kappa shape index (κ2) is 6.63. The smallest absolute Gasteiger partial charge is 0.323 e. The number of hydrogen-bond acceptors (Lipinski definition) is 4. The molecule has 1 saturated heterocycles. The van der Waals surface area contributed by atoms with Crippen LogP contribution in [0.5, 0.6) is 0 Å². The number of aromatic nitrogens is 1. The summed E-state index contributed by atoms with van der Waals surface area (Å²) in [6.45, 7) is 3.28. The Morgan fingerprint density at radius 3 is 2.77 bits per heavy atom. The van der Waals surface area contributed by atoms with Crippen molar-refractivity contribution >= 4 is 33.5 Å². The number of carbonyl (C=O) groups excluding carboxylic acids is 2. The number of fused-ring (bicyclic) bond motifs is 1. The van der Waals surface area contributed by atoms with E-state index in [1.165, 1.54) is 9.60 Å². The van der Waals surface area contributed by atoms with Gasteiger partial charge in [-0.1, -0.05) is 19.1 Å². The number of carbonyl (C=O) groups is 2. The largest absolute Gasteiger partial charge is 0.329 e. The lowest BCUT2D eigenvalue weighted by molar-refractivity contribution is -0.901. The molecule has 2 fully saturated rings. The van der Waals surface area contributed by atoms with Crippen molar-refractivity contribution in [1.82, 2.24) is 15.2 Å². The molecule has 26 heavy (non-hydrogen) atoms. The van der Waals surface area contributed by atoms with Gasteiger partial charge >= 0.3 is 6.03 Å². The number of quaternary nitrogens is 1. The van der Waals surface area contributed by atoms with E-state index in [2.05, 4.69) is 23.3 Å². The van der Waals surface area contributed by atoms with E-state index >= 15 is 0 Å². The van der Waals surface area contributed by atoms with Gasteiger partial charge in [0.25, 0.3) is 5.91 Å². The Labute approximate surface area is 157 Å². The first kappa shape index (κ1) is 17.4. The standard InChI is InChI=1S/C19H24N4O2S/c1-13-7-9-19(10-8-13)17(24)23(18(25)21-19)12-22(2)11-16-20-14-5-3-4-6-15(14)26-16/h3-6,13H,7-12H2,1-2H3,(H,21,25)/p+1. The number of thiazole rings is 1. The fraction of sp³-hybridized carbons (Fsp3) is 0.526. The summed E-state index contributed by atoms with van der Waals surface area (Å²) in [5.41, 5.74) is 0.352. The summed E-state index contributed by atoms with van der Waals surface area (Å²) in [5.74, 6) is 0.588. The number of rotatable bonds is 4. The SMILES string of the molecule is CC1CCC2(CC1)NC(=O)N(C[NH+](C)Cc1nc3ccccc3s1)C2=O. The van der Waals surface area contributed by atoms with Gasteiger partial charge in [-0.3, -0.25) is 4.79 Å². The maximum atomic E-state index is 12.9. The highest BCUT2D eigenvalue weighted by atomic mass is 32.1. The normalized spacial score (nSPS) is 27.3. The molecule has 1 spiro atoms. The average molecular weight is 374 g/mol. The molecule has 2 heterocycles. The third-order valence-corrected chi connectivity index (χ3v) is 6.63. The summed E-state index contributed by atoms with van der Waals surface area (Å²) < 4.78 is 1.17. The van der Waals surface area contributed by atoms with E-state index in [4.69, 9.17) is 0 Å². The predicted octanol–water partition coefficient (Wildman–Crippen LogP) is 1.77. The number of nitrogens with zero attached hydrogens (tertiary/aromatic N) is 2. The predicted molar refractivity (Wildman–Crippen MR) is 101 cm³/mol.